The van der Waals surface area contributed by atoms with E-state index in [0.29, 0.717) is 0 Å². The van der Waals surface area contributed by atoms with E-state index in [4.69, 9.17) is 4.74 Å². The monoisotopic (exact) mass is 213 g/mol. The van der Waals surface area contributed by atoms with E-state index in [9.17, 15) is 0 Å². The Bertz CT molecular complexity index is 294. The van der Waals surface area contributed by atoms with Crippen molar-refractivity contribution in [1.82, 2.24) is 4.98 Å². The van der Waals surface area contributed by atoms with Gasteiger partial charge in [-0.25, -0.2) is 4.98 Å². The van der Waals surface area contributed by atoms with Crippen molar-refractivity contribution in [2.75, 3.05) is 50.2 Å². The average Bonchev–Trinajstić information content (AvgIpc) is 2.68. The summed E-state index contributed by atoms with van der Waals surface area (Å²) < 4.78 is 5.30. The van der Waals surface area contributed by atoms with Crippen molar-refractivity contribution in [3.63, 3.8) is 0 Å². The molecule has 2 rings (SSSR count). The summed E-state index contributed by atoms with van der Waals surface area (Å²) in [5.41, 5.74) is 0. The molecule has 0 radical (unpaired) electrons. The predicted octanol–water partition coefficient (Wildman–Crippen LogP) is 1.05. The van der Waals surface area contributed by atoms with E-state index in [-0.39, 0.29) is 0 Å². The molecule has 1 fully saturated rings. The summed E-state index contributed by atoms with van der Waals surface area (Å²) in [5, 5.41) is 3.17. The maximum atomic E-state index is 5.30. The predicted molar refractivity (Wildman–Crippen MR) is 59.5 cm³/mol. The van der Waals surface area contributed by atoms with Crippen LogP contribution >= 0.6 is 11.3 Å². The molecule has 0 atom stereocenters. The standard InChI is InChI=1S/C9H15N3OS/c1-11(2)9-10-8(7-14-9)12-3-5-13-6-4-12/h7H,3-6H2,1-2H3. The van der Waals surface area contributed by atoms with E-state index in [1.54, 1.807) is 11.3 Å². The van der Waals surface area contributed by atoms with Crippen molar-refractivity contribution < 1.29 is 4.74 Å². The lowest BCUT2D eigenvalue weighted by molar-refractivity contribution is 0.122. The van der Waals surface area contributed by atoms with Crippen LogP contribution in [0.1, 0.15) is 0 Å². The zero-order chi connectivity index (χ0) is 9.97. The molecule has 1 saturated heterocycles. The smallest absolute Gasteiger partial charge is 0.186 e. The van der Waals surface area contributed by atoms with Crippen LogP contribution in [0.25, 0.3) is 0 Å². The molecule has 5 heteroatoms. The average molecular weight is 213 g/mol. The lowest BCUT2D eigenvalue weighted by Gasteiger charge is -2.26. The van der Waals surface area contributed by atoms with Crippen LogP contribution in [0.3, 0.4) is 0 Å². The highest BCUT2D eigenvalue weighted by Crippen LogP contribution is 2.24. The lowest BCUT2D eigenvalue weighted by atomic mass is 10.4. The third-order valence-electron chi connectivity index (χ3n) is 2.20. The van der Waals surface area contributed by atoms with E-state index in [1.165, 1.54) is 0 Å². The summed E-state index contributed by atoms with van der Waals surface area (Å²) in [6.07, 6.45) is 0. The number of hydrogen-bond donors (Lipinski definition) is 0. The summed E-state index contributed by atoms with van der Waals surface area (Å²) in [6.45, 7) is 3.54. The molecule has 2 heterocycles. The number of anilines is 2. The van der Waals surface area contributed by atoms with Crippen LogP contribution in [-0.4, -0.2) is 45.4 Å². The van der Waals surface area contributed by atoms with Crippen LogP contribution in [0, 0.1) is 0 Å². The van der Waals surface area contributed by atoms with Crippen LogP contribution in [-0.2, 0) is 4.74 Å². The Kier molecular flexibility index (Phi) is 2.88. The molecular weight excluding hydrogens is 198 g/mol. The highest BCUT2D eigenvalue weighted by molar-refractivity contribution is 7.14. The fraction of sp³-hybridized carbons (Fsp3) is 0.667. The highest BCUT2D eigenvalue weighted by atomic mass is 32.1. The molecular formula is C9H15N3OS. The molecule has 1 aliphatic rings. The highest BCUT2D eigenvalue weighted by Gasteiger charge is 2.14. The number of aromatic nitrogens is 1. The minimum atomic E-state index is 0.814. The molecule has 1 aliphatic heterocycles. The van der Waals surface area contributed by atoms with Crippen molar-refractivity contribution in [2.45, 2.75) is 0 Å². The van der Waals surface area contributed by atoms with E-state index in [1.807, 2.05) is 19.0 Å². The Labute approximate surface area is 88.1 Å². The Morgan fingerprint density at radius 2 is 2.14 bits per heavy atom. The third-order valence-corrected chi connectivity index (χ3v) is 3.19. The molecule has 0 aliphatic carbocycles. The molecule has 0 aromatic carbocycles. The van der Waals surface area contributed by atoms with Gasteiger partial charge in [-0.1, -0.05) is 0 Å². The summed E-state index contributed by atoms with van der Waals surface area (Å²) in [6, 6.07) is 0. The Hall–Kier alpha value is -0.810. The molecule has 1 aromatic rings. The lowest BCUT2D eigenvalue weighted by Crippen LogP contribution is -2.36. The second-order valence-corrected chi connectivity index (χ2v) is 4.32. The van der Waals surface area contributed by atoms with Crippen molar-refractivity contribution in [3.05, 3.63) is 5.38 Å². The first kappa shape index (κ1) is 9.73. The van der Waals surface area contributed by atoms with Gasteiger partial charge in [-0.15, -0.1) is 11.3 Å². The molecule has 78 valence electrons. The summed E-state index contributed by atoms with van der Waals surface area (Å²) in [5.74, 6) is 1.09. The SMILES string of the molecule is CN(C)c1nc(N2CCOCC2)cs1. The fourth-order valence-electron chi connectivity index (χ4n) is 1.40. The maximum Gasteiger partial charge on any atom is 0.186 e. The zero-order valence-corrected chi connectivity index (χ0v) is 9.38. The zero-order valence-electron chi connectivity index (χ0n) is 8.56. The number of nitrogens with zero attached hydrogens (tertiary/aromatic N) is 3. The van der Waals surface area contributed by atoms with Crippen LogP contribution in [0.2, 0.25) is 0 Å². The van der Waals surface area contributed by atoms with E-state index in [0.717, 1.165) is 37.3 Å². The topological polar surface area (TPSA) is 28.6 Å². The number of ether oxygens (including phenoxy) is 1. The first-order chi connectivity index (χ1) is 6.77. The summed E-state index contributed by atoms with van der Waals surface area (Å²) in [4.78, 5) is 8.86. The Morgan fingerprint density at radius 3 is 2.71 bits per heavy atom. The van der Waals surface area contributed by atoms with Gasteiger partial charge in [-0.05, 0) is 0 Å². The summed E-state index contributed by atoms with van der Waals surface area (Å²) >= 11 is 1.68. The Morgan fingerprint density at radius 1 is 1.43 bits per heavy atom. The number of rotatable bonds is 2. The number of thiazole rings is 1. The van der Waals surface area contributed by atoms with Gasteiger partial charge in [-0.3, -0.25) is 0 Å². The minimum absolute atomic E-state index is 0.814. The molecule has 14 heavy (non-hydrogen) atoms. The molecule has 0 amide bonds. The quantitative estimate of drug-likeness (QED) is 0.734. The molecule has 0 unspecified atom stereocenters. The molecule has 0 N–H and O–H groups in total. The molecule has 0 saturated carbocycles. The van der Waals surface area contributed by atoms with Crippen molar-refractivity contribution in [2.24, 2.45) is 0 Å². The van der Waals surface area contributed by atoms with Gasteiger partial charge in [0.15, 0.2) is 5.13 Å². The second-order valence-electron chi connectivity index (χ2n) is 3.48. The van der Waals surface area contributed by atoms with Crippen molar-refractivity contribution >= 4 is 22.3 Å². The first-order valence-corrected chi connectivity index (χ1v) is 5.61. The van der Waals surface area contributed by atoms with Crippen LogP contribution < -0.4 is 9.80 Å². The molecule has 4 nitrogen and oxygen atoms in total. The van der Waals surface area contributed by atoms with Crippen molar-refractivity contribution in [3.8, 4) is 0 Å². The minimum Gasteiger partial charge on any atom is -0.378 e. The van der Waals surface area contributed by atoms with Gasteiger partial charge in [0, 0.05) is 32.6 Å². The van der Waals surface area contributed by atoms with Gasteiger partial charge in [0.25, 0.3) is 0 Å². The number of morpholine rings is 1. The van der Waals surface area contributed by atoms with E-state index < -0.39 is 0 Å². The van der Waals surface area contributed by atoms with Crippen LogP contribution in [0.4, 0.5) is 10.9 Å². The molecule has 1 aromatic heterocycles. The van der Waals surface area contributed by atoms with E-state index in [2.05, 4.69) is 15.3 Å². The first-order valence-electron chi connectivity index (χ1n) is 4.73. The van der Waals surface area contributed by atoms with Crippen molar-refractivity contribution in [1.29, 1.82) is 0 Å². The van der Waals surface area contributed by atoms with Gasteiger partial charge < -0.3 is 14.5 Å². The second kappa shape index (κ2) is 4.14. The molecule has 0 bridgehead atoms. The fourth-order valence-corrected chi connectivity index (χ4v) is 2.17. The maximum absolute atomic E-state index is 5.30. The van der Waals surface area contributed by atoms with Gasteiger partial charge >= 0.3 is 0 Å². The number of hydrogen-bond acceptors (Lipinski definition) is 5. The van der Waals surface area contributed by atoms with Gasteiger partial charge in [0.05, 0.1) is 13.2 Å². The van der Waals surface area contributed by atoms with E-state index >= 15 is 0 Å². The van der Waals surface area contributed by atoms with Gasteiger partial charge in [0.1, 0.15) is 5.82 Å². The van der Waals surface area contributed by atoms with Gasteiger partial charge in [0.2, 0.25) is 0 Å². The molecule has 0 spiro atoms. The van der Waals surface area contributed by atoms with Crippen LogP contribution in [0.15, 0.2) is 5.38 Å². The Balaban J connectivity index is 2.07. The normalized spacial score (nSPS) is 17.1. The largest absolute Gasteiger partial charge is 0.378 e. The summed E-state index contributed by atoms with van der Waals surface area (Å²) in [7, 11) is 4.03. The van der Waals surface area contributed by atoms with Gasteiger partial charge in [-0.2, -0.15) is 0 Å². The van der Waals surface area contributed by atoms with Crippen LogP contribution in [0.5, 0.6) is 0 Å². The third kappa shape index (κ3) is 1.99.